The van der Waals surface area contributed by atoms with Gasteiger partial charge in [-0.15, -0.1) is 37.2 Å². The molecule has 10 heteroatoms. The van der Waals surface area contributed by atoms with Gasteiger partial charge in [-0.1, -0.05) is 32.6 Å². The van der Waals surface area contributed by atoms with Crippen LogP contribution in [0.2, 0.25) is 0 Å². The number of methoxy groups -OCH3 is 1. The second kappa shape index (κ2) is 17.2. The monoisotopic (exact) mass is 551 g/mol. The third-order valence-corrected chi connectivity index (χ3v) is 6.42. The number of nitrogens with zero attached hydrogens (tertiary/aromatic N) is 3. The third-order valence-electron chi connectivity index (χ3n) is 6.42. The van der Waals surface area contributed by atoms with Gasteiger partial charge >= 0.3 is 5.97 Å². The maximum Gasteiger partial charge on any atom is 0.304 e. The Hall–Kier alpha value is -1.35. The van der Waals surface area contributed by atoms with Gasteiger partial charge in [0.2, 0.25) is 0 Å². The maximum atomic E-state index is 11.5. The first-order valence-corrected chi connectivity index (χ1v) is 11.8. The number of rotatable bonds is 12. The van der Waals surface area contributed by atoms with Crippen molar-refractivity contribution in [2.24, 2.45) is 0 Å². The Balaban J connectivity index is 0.00000385. The second-order valence-corrected chi connectivity index (χ2v) is 8.76. The molecule has 1 aromatic carbocycles. The van der Waals surface area contributed by atoms with Gasteiger partial charge in [0.1, 0.15) is 5.75 Å². The van der Waals surface area contributed by atoms with E-state index in [0.717, 1.165) is 48.3 Å². The Bertz CT molecular complexity index is 890. The van der Waals surface area contributed by atoms with Crippen LogP contribution < -0.4 is 4.74 Å². The number of aliphatic carboxylic acids is 1. The summed E-state index contributed by atoms with van der Waals surface area (Å²) < 4.78 is 5.34. The average molecular weight is 553 g/mol. The van der Waals surface area contributed by atoms with Crippen molar-refractivity contribution in [2.75, 3.05) is 39.8 Å². The molecule has 1 aliphatic rings. The summed E-state index contributed by atoms with van der Waals surface area (Å²) in [6.07, 6.45) is 7.22. The van der Waals surface area contributed by atoms with Crippen molar-refractivity contribution in [3.8, 4) is 5.75 Å². The summed E-state index contributed by atoms with van der Waals surface area (Å²) in [4.78, 5) is 20.4. The quantitative estimate of drug-likeness (QED) is 0.359. The second-order valence-electron chi connectivity index (χ2n) is 8.76. The summed E-state index contributed by atoms with van der Waals surface area (Å²) in [5, 5.41) is 21.4. The number of carboxylic acid groups (broad SMARTS) is 1. The number of benzene rings is 1. The minimum atomic E-state index is -0.763. The lowest BCUT2D eigenvalue weighted by Gasteiger charge is -2.41. The van der Waals surface area contributed by atoms with E-state index >= 15 is 0 Å². The highest BCUT2D eigenvalue weighted by atomic mass is 35.5. The number of carboxylic acids is 1. The first-order valence-electron chi connectivity index (χ1n) is 11.8. The number of carbonyl (C=O) groups is 1. The number of aromatic nitrogens is 1. The predicted molar refractivity (Wildman–Crippen MR) is 148 cm³/mol. The molecule has 2 aromatic rings. The van der Waals surface area contributed by atoms with Crippen molar-refractivity contribution < 1.29 is 19.7 Å². The van der Waals surface area contributed by atoms with E-state index in [9.17, 15) is 15.0 Å². The number of ether oxygens (including phenoxy) is 1. The molecule has 1 aliphatic heterocycles. The van der Waals surface area contributed by atoms with Crippen molar-refractivity contribution in [1.82, 2.24) is 14.8 Å². The maximum absolute atomic E-state index is 11.5. The minimum Gasteiger partial charge on any atom is -0.497 e. The molecule has 1 fully saturated rings. The Morgan fingerprint density at radius 1 is 1.14 bits per heavy atom. The molecule has 2 N–H and O–H groups in total. The van der Waals surface area contributed by atoms with Crippen LogP contribution in [0.25, 0.3) is 10.9 Å². The number of pyridine rings is 1. The number of aliphatic hydroxyl groups excluding tert-OH is 1. The van der Waals surface area contributed by atoms with Crippen LogP contribution in [0.1, 0.15) is 57.1 Å². The molecule has 35 heavy (non-hydrogen) atoms. The zero-order valence-corrected chi connectivity index (χ0v) is 23.0. The highest BCUT2D eigenvalue weighted by molar-refractivity contribution is 5.86. The zero-order valence-electron chi connectivity index (χ0n) is 20.6. The number of piperazine rings is 1. The van der Waals surface area contributed by atoms with E-state index in [1.807, 2.05) is 24.3 Å². The van der Waals surface area contributed by atoms with Gasteiger partial charge in [-0.25, -0.2) is 0 Å². The standard InChI is InChI=1S/C25H37N3O4.3ClH/c1-3-4-5-6-7-12-28-14-13-27(17-19(28)15-25(30)31)18-24(29)21-10-11-26-23-9-8-20(32-2)16-22(21)23;;;/h8-11,16,19,24,29H,3-7,12-15,17-18H2,1-2H3,(H,30,31);3*1H/t19-,24+;;;/m1.../s1. The van der Waals surface area contributed by atoms with E-state index < -0.39 is 12.1 Å². The van der Waals surface area contributed by atoms with Crippen LogP contribution in [-0.2, 0) is 4.79 Å². The molecular formula is C25H40Cl3N3O4. The fraction of sp³-hybridized carbons (Fsp3) is 0.600. The van der Waals surface area contributed by atoms with E-state index in [-0.39, 0.29) is 49.7 Å². The van der Waals surface area contributed by atoms with Crippen LogP contribution in [0, 0.1) is 0 Å². The van der Waals surface area contributed by atoms with Crippen LogP contribution in [0.15, 0.2) is 30.5 Å². The number of fused-ring (bicyclic) bond motifs is 1. The molecule has 0 bridgehead atoms. The molecule has 200 valence electrons. The lowest BCUT2D eigenvalue weighted by molar-refractivity contribution is -0.139. The van der Waals surface area contributed by atoms with Gasteiger partial charge in [-0.2, -0.15) is 0 Å². The Morgan fingerprint density at radius 2 is 1.89 bits per heavy atom. The number of hydrogen-bond acceptors (Lipinski definition) is 6. The summed E-state index contributed by atoms with van der Waals surface area (Å²) in [7, 11) is 1.62. The van der Waals surface area contributed by atoms with Gasteiger partial charge < -0.3 is 14.9 Å². The molecule has 1 saturated heterocycles. The topological polar surface area (TPSA) is 86.1 Å². The normalized spacial score (nSPS) is 17.1. The van der Waals surface area contributed by atoms with E-state index in [2.05, 4.69) is 21.7 Å². The van der Waals surface area contributed by atoms with Crippen molar-refractivity contribution >= 4 is 54.1 Å². The molecule has 7 nitrogen and oxygen atoms in total. The van der Waals surface area contributed by atoms with Crippen LogP contribution in [-0.4, -0.2) is 76.8 Å². The van der Waals surface area contributed by atoms with Crippen molar-refractivity contribution in [2.45, 2.75) is 57.6 Å². The number of halogens is 3. The molecule has 0 unspecified atom stereocenters. The van der Waals surface area contributed by atoms with Gasteiger partial charge in [-0.3, -0.25) is 19.6 Å². The van der Waals surface area contributed by atoms with E-state index in [0.29, 0.717) is 13.1 Å². The Morgan fingerprint density at radius 3 is 2.57 bits per heavy atom. The number of β-amino-alcohol motifs (C(OH)–C–C–N with tert-alkyl or cyclic N) is 1. The molecule has 0 spiro atoms. The smallest absolute Gasteiger partial charge is 0.304 e. The first kappa shape index (κ1) is 33.7. The van der Waals surface area contributed by atoms with E-state index in [1.165, 1.54) is 25.7 Å². The highest BCUT2D eigenvalue weighted by Gasteiger charge is 2.29. The molecule has 0 radical (unpaired) electrons. The van der Waals surface area contributed by atoms with Crippen molar-refractivity contribution in [3.63, 3.8) is 0 Å². The largest absolute Gasteiger partial charge is 0.497 e. The summed E-state index contributed by atoms with van der Waals surface area (Å²) >= 11 is 0. The zero-order chi connectivity index (χ0) is 22.9. The van der Waals surface area contributed by atoms with Crippen LogP contribution in [0.4, 0.5) is 0 Å². The van der Waals surface area contributed by atoms with E-state index in [4.69, 9.17) is 4.74 Å². The lowest BCUT2D eigenvalue weighted by atomic mass is 10.0. The van der Waals surface area contributed by atoms with Crippen molar-refractivity contribution in [3.05, 3.63) is 36.0 Å². The van der Waals surface area contributed by atoms with E-state index in [1.54, 1.807) is 13.3 Å². The lowest BCUT2D eigenvalue weighted by Crippen LogP contribution is -2.54. The minimum absolute atomic E-state index is 0. The summed E-state index contributed by atoms with van der Waals surface area (Å²) in [5.74, 6) is -0.0337. The number of unbranched alkanes of at least 4 members (excludes halogenated alkanes) is 4. The Kier molecular flexibility index (Phi) is 16.5. The van der Waals surface area contributed by atoms with Gasteiger partial charge in [0.05, 0.1) is 25.2 Å². The van der Waals surface area contributed by atoms with Crippen LogP contribution in [0.5, 0.6) is 5.75 Å². The fourth-order valence-electron chi connectivity index (χ4n) is 4.64. The molecule has 0 saturated carbocycles. The molecule has 2 atom stereocenters. The fourth-order valence-corrected chi connectivity index (χ4v) is 4.64. The molecular weight excluding hydrogens is 513 g/mol. The SMILES string of the molecule is CCCCCCCN1CCN(C[C@H](O)c2ccnc3ccc(OC)cc23)C[C@H]1CC(=O)O.Cl.Cl.Cl. The van der Waals surface area contributed by atoms with Gasteiger partial charge in [-0.05, 0) is 42.8 Å². The van der Waals surface area contributed by atoms with Crippen molar-refractivity contribution in [1.29, 1.82) is 0 Å². The predicted octanol–water partition coefficient (Wildman–Crippen LogP) is 4.97. The number of aliphatic hydroxyl groups is 1. The highest BCUT2D eigenvalue weighted by Crippen LogP contribution is 2.28. The molecule has 1 aromatic heterocycles. The molecule has 0 aliphatic carbocycles. The van der Waals surface area contributed by atoms with Crippen LogP contribution >= 0.6 is 37.2 Å². The number of hydrogen-bond donors (Lipinski definition) is 2. The Labute approximate surface area is 227 Å². The van der Waals surface area contributed by atoms with Gasteiger partial charge in [0.15, 0.2) is 0 Å². The molecule has 2 heterocycles. The van der Waals surface area contributed by atoms with Crippen LogP contribution in [0.3, 0.4) is 0 Å². The summed E-state index contributed by atoms with van der Waals surface area (Å²) in [6, 6.07) is 7.50. The first-order chi connectivity index (χ1) is 15.5. The average Bonchev–Trinajstić information content (AvgIpc) is 2.79. The molecule has 3 rings (SSSR count). The summed E-state index contributed by atoms with van der Waals surface area (Å²) in [6.45, 7) is 5.95. The van der Waals surface area contributed by atoms with Gasteiger partial charge in [0, 0.05) is 43.8 Å². The third kappa shape index (κ3) is 9.90. The molecule has 0 amide bonds. The van der Waals surface area contributed by atoms with Gasteiger partial charge in [0.25, 0.3) is 0 Å². The summed E-state index contributed by atoms with van der Waals surface area (Å²) in [5.41, 5.74) is 1.64.